The SMILES string of the molecule is CC(=O)OCc1ccc([N+](=O)[O-])cc1C(F)(F)F. The first-order chi connectivity index (χ1) is 8.21. The number of non-ortho nitro benzene ring substituents is 1. The Balaban J connectivity index is 3.17. The van der Waals surface area contributed by atoms with Gasteiger partial charge in [0, 0.05) is 24.6 Å². The van der Waals surface area contributed by atoms with E-state index in [4.69, 9.17) is 0 Å². The van der Waals surface area contributed by atoms with E-state index in [1.165, 1.54) is 0 Å². The van der Waals surface area contributed by atoms with Gasteiger partial charge in [-0.05, 0) is 6.07 Å². The minimum Gasteiger partial charge on any atom is -0.461 e. The van der Waals surface area contributed by atoms with Crippen molar-refractivity contribution in [1.82, 2.24) is 0 Å². The van der Waals surface area contributed by atoms with Crippen LogP contribution in [0.5, 0.6) is 0 Å². The van der Waals surface area contributed by atoms with E-state index < -0.39 is 34.9 Å². The van der Waals surface area contributed by atoms with Crippen LogP contribution in [0.2, 0.25) is 0 Å². The number of carbonyl (C=O) groups is 1. The Kier molecular flexibility index (Phi) is 3.89. The molecule has 0 saturated heterocycles. The summed E-state index contributed by atoms with van der Waals surface area (Å²) in [4.78, 5) is 20.0. The second-order valence-electron chi connectivity index (χ2n) is 3.38. The highest BCUT2D eigenvalue weighted by molar-refractivity contribution is 5.66. The summed E-state index contributed by atoms with van der Waals surface area (Å²) in [5.74, 6) is -0.735. The van der Waals surface area contributed by atoms with E-state index in [9.17, 15) is 28.1 Å². The number of nitro groups is 1. The van der Waals surface area contributed by atoms with Crippen molar-refractivity contribution in [2.45, 2.75) is 19.7 Å². The number of carbonyl (C=O) groups excluding carboxylic acids is 1. The molecule has 0 atom stereocenters. The van der Waals surface area contributed by atoms with E-state index in [1.807, 2.05) is 0 Å². The molecule has 0 unspecified atom stereocenters. The van der Waals surface area contributed by atoms with E-state index in [0.29, 0.717) is 6.07 Å². The van der Waals surface area contributed by atoms with E-state index in [1.54, 1.807) is 0 Å². The highest BCUT2D eigenvalue weighted by Gasteiger charge is 2.35. The third kappa shape index (κ3) is 3.44. The molecule has 0 aliphatic heterocycles. The number of alkyl halides is 3. The molecule has 8 heteroatoms. The average Bonchev–Trinajstić information content (AvgIpc) is 2.24. The molecule has 0 fully saturated rings. The number of halogens is 3. The van der Waals surface area contributed by atoms with Gasteiger partial charge in [0.15, 0.2) is 0 Å². The molecular weight excluding hydrogens is 255 g/mol. The standard InChI is InChI=1S/C10H8F3NO4/c1-6(15)18-5-7-2-3-8(14(16)17)4-9(7)10(11,12)13/h2-4H,5H2,1H3. The molecule has 98 valence electrons. The van der Waals surface area contributed by atoms with Gasteiger partial charge in [-0.25, -0.2) is 0 Å². The predicted molar refractivity (Wildman–Crippen MR) is 53.6 cm³/mol. The van der Waals surface area contributed by atoms with Crippen LogP contribution in [0.15, 0.2) is 18.2 Å². The van der Waals surface area contributed by atoms with Crippen LogP contribution < -0.4 is 0 Å². The highest BCUT2D eigenvalue weighted by atomic mass is 19.4. The number of benzene rings is 1. The average molecular weight is 263 g/mol. The zero-order valence-electron chi connectivity index (χ0n) is 9.15. The second-order valence-corrected chi connectivity index (χ2v) is 3.38. The summed E-state index contributed by atoms with van der Waals surface area (Å²) in [5, 5.41) is 10.4. The third-order valence-electron chi connectivity index (χ3n) is 2.04. The van der Waals surface area contributed by atoms with Gasteiger partial charge in [-0.15, -0.1) is 0 Å². The molecule has 0 N–H and O–H groups in total. The topological polar surface area (TPSA) is 69.4 Å². The van der Waals surface area contributed by atoms with Crippen LogP contribution in [0.4, 0.5) is 18.9 Å². The summed E-state index contributed by atoms with van der Waals surface area (Å²) in [6.07, 6.45) is -4.75. The predicted octanol–water partition coefficient (Wildman–Crippen LogP) is 2.68. The molecule has 1 aromatic carbocycles. The Bertz CT molecular complexity index is 485. The molecule has 1 aromatic rings. The van der Waals surface area contributed by atoms with Crippen LogP contribution in [-0.2, 0) is 22.3 Å². The number of hydrogen-bond donors (Lipinski definition) is 0. The Labute approximate surface area is 99.3 Å². The van der Waals surface area contributed by atoms with E-state index in [2.05, 4.69) is 4.74 Å². The van der Waals surface area contributed by atoms with Gasteiger partial charge in [-0.1, -0.05) is 0 Å². The lowest BCUT2D eigenvalue weighted by molar-refractivity contribution is -0.385. The molecule has 0 aromatic heterocycles. The quantitative estimate of drug-likeness (QED) is 0.477. The third-order valence-corrected chi connectivity index (χ3v) is 2.04. The first kappa shape index (κ1) is 13.9. The summed E-state index contributed by atoms with van der Waals surface area (Å²) in [6.45, 7) is 0.473. The van der Waals surface area contributed by atoms with Crippen LogP contribution in [0.25, 0.3) is 0 Å². The molecule has 18 heavy (non-hydrogen) atoms. The fourth-order valence-electron chi connectivity index (χ4n) is 1.25. The van der Waals surface area contributed by atoms with Crippen LogP contribution in [0.1, 0.15) is 18.1 Å². The maximum atomic E-state index is 12.7. The zero-order chi connectivity index (χ0) is 13.9. The summed E-state index contributed by atoms with van der Waals surface area (Å²) < 4.78 is 42.4. The van der Waals surface area contributed by atoms with E-state index >= 15 is 0 Å². The van der Waals surface area contributed by atoms with E-state index in [0.717, 1.165) is 19.1 Å². The number of nitrogens with zero attached hydrogens (tertiary/aromatic N) is 1. The Hall–Kier alpha value is -2.12. The Morgan fingerprint density at radius 2 is 2.06 bits per heavy atom. The van der Waals surface area contributed by atoms with Crippen LogP contribution in [0, 0.1) is 10.1 Å². The Morgan fingerprint density at radius 3 is 2.50 bits per heavy atom. The molecule has 5 nitrogen and oxygen atoms in total. The first-order valence-electron chi connectivity index (χ1n) is 4.69. The number of nitro benzene ring substituents is 1. The lowest BCUT2D eigenvalue weighted by atomic mass is 10.1. The molecule has 0 aliphatic rings. The van der Waals surface area contributed by atoms with Crippen molar-refractivity contribution in [2.75, 3.05) is 0 Å². The molecule has 0 saturated carbocycles. The normalized spacial score (nSPS) is 11.1. The van der Waals surface area contributed by atoms with Gasteiger partial charge in [0.05, 0.1) is 10.5 Å². The van der Waals surface area contributed by atoms with Crippen molar-refractivity contribution in [3.63, 3.8) is 0 Å². The lowest BCUT2D eigenvalue weighted by Crippen LogP contribution is -2.11. The van der Waals surface area contributed by atoms with Gasteiger partial charge in [0.1, 0.15) is 6.61 Å². The van der Waals surface area contributed by atoms with E-state index in [-0.39, 0.29) is 5.56 Å². The number of hydrogen-bond acceptors (Lipinski definition) is 4. The highest BCUT2D eigenvalue weighted by Crippen LogP contribution is 2.34. The summed E-state index contributed by atoms with van der Waals surface area (Å²) >= 11 is 0. The van der Waals surface area contributed by atoms with Gasteiger partial charge in [0.2, 0.25) is 0 Å². The molecular formula is C10H8F3NO4. The van der Waals surface area contributed by atoms with Crippen LogP contribution >= 0.6 is 0 Å². The van der Waals surface area contributed by atoms with Crippen molar-refractivity contribution in [2.24, 2.45) is 0 Å². The summed E-state index contributed by atoms with van der Waals surface area (Å²) in [7, 11) is 0. The molecule has 0 radical (unpaired) electrons. The number of esters is 1. The van der Waals surface area contributed by atoms with Gasteiger partial charge in [0.25, 0.3) is 5.69 Å². The molecule has 0 amide bonds. The van der Waals surface area contributed by atoms with Crippen molar-refractivity contribution in [3.05, 3.63) is 39.4 Å². The first-order valence-corrected chi connectivity index (χ1v) is 4.69. The molecule has 0 heterocycles. The fourth-order valence-corrected chi connectivity index (χ4v) is 1.25. The van der Waals surface area contributed by atoms with Gasteiger partial charge in [-0.2, -0.15) is 13.2 Å². The molecule has 1 rings (SSSR count). The van der Waals surface area contributed by atoms with Crippen molar-refractivity contribution < 1.29 is 27.6 Å². The monoisotopic (exact) mass is 263 g/mol. The van der Waals surface area contributed by atoms with Crippen molar-refractivity contribution in [3.8, 4) is 0 Å². The van der Waals surface area contributed by atoms with Gasteiger partial charge in [-0.3, -0.25) is 14.9 Å². The maximum absolute atomic E-state index is 12.7. The number of ether oxygens (including phenoxy) is 1. The summed E-state index contributed by atoms with van der Waals surface area (Å²) in [6, 6.07) is 2.26. The van der Waals surface area contributed by atoms with Crippen LogP contribution in [-0.4, -0.2) is 10.9 Å². The van der Waals surface area contributed by atoms with Crippen molar-refractivity contribution >= 4 is 11.7 Å². The second kappa shape index (κ2) is 5.03. The number of rotatable bonds is 3. The van der Waals surface area contributed by atoms with Gasteiger partial charge >= 0.3 is 12.1 Å². The lowest BCUT2D eigenvalue weighted by Gasteiger charge is -2.12. The van der Waals surface area contributed by atoms with Crippen molar-refractivity contribution in [1.29, 1.82) is 0 Å². The zero-order valence-corrected chi connectivity index (χ0v) is 9.15. The largest absolute Gasteiger partial charge is 0.461 e. The maximum Gasteiger partial charge on any atom is 0.417 e. The minimum atomic E-state index is -4.75. The molecule has 0 aliphatic carbocycles. The Morgan fingerprint density at radius 1 is 1.44 bits per heavy atom. The fraction of sp³-hybridized carbons (Fsp3) is 0.300. The van der Waals surface area contributed by atoms with Gasteiger partial charge < -0.3 is 4.74 Å². The summed E-state index contributed by atoms with van der Waals surface area (Å²) in [5.41, 5.74) is -2.19. The smallest absolute Gasteiger partial charge is 0.417 e. The van der Waals surface area contributed by atoms with Crippen LogP contribution in [0.3, 0.4) is 0 Å². The minimum absolute atomic E-state index is 0.330. The molecule has 0 spiro atoms. The molecule has 0 bridgehead atoms.